The molecule has 0 aliphatic carbocycles. The zero-order valence-electron chi connectivity index (χ0n) is 15.3. The molecule has 0 fully saturated rings. The Balaban J connectivity index is 1.94. The number of anilines is 1. The van der Waals surface area contributed by atoms with Crippen molar-refractivity contribution in [2.45, 2.75) is 18.4 Å². The SMILES string of the molecule is CCn1c(=O)/c(=C2\Sc3ccccc3N2C)s/c1=C\c1ccc(F)c[n+]1C. The monoisotopic (exact) mass is 400 g/mol. The highest BCUT2D eigenvalue weighted by Crippen LogP contribution is 2.44. The van der Waals surface area contributed by atoms with Crippen molar-refractivity contribution < 1.29 is 8.96 Å². The topological polar surface area (TPSA) is 29.1 Å². The first kappa shape index (κ1) is 18.0. The normalized spacial score (nSPS) is 16.1. The maximum absolute atomic E-state index is 13.4. The molecule has 0 saturated heterocycles. The highest BCUT2D eigenvalue weighted by atomic mass is 32.2. The number of nitrogens with zero attached hydrogens (tertiary/aromatic N) is 3. The molecule has 0 spiro atoms. The van der Waals surface area contributed by atoms with Crippen LogP contribution in [-0.2, 0) is 13.6 Å². The minimum absolute atomic E-state index is 0.0145. The maximum atomic E-state index is 13.4. The Morgan fingerprint density at radius 1 is 1.22 bits per heavy atom. The van der Waals surface area contributed by atoms with Crippen molar-refractivity contribution in [3.05, 3.63) is 73.7 Å². The quantitative estimate of drug-likeness (QED) is 0.617. The van der Waals surface area contributed by atoms with Crippen molar-refractivity contribution in [1.82, 2.24) is 4.57 Å². The first-order valence-electron chi connectivity index (χ1n) is 8.61. The molecule has 3 aromatic rings. The first-order valence-corrected chi connectivity index (χ1v) is 10.2. The van der Waals surface area contributed by atoms with E-state index in [0.29, 0.717) is 6.54 Å². The van der Waals surface area contributed by atoms with E-state index in [-0.39, 0.29) is 11.4 Å². The summed E-state index contributed by atoms with van der Waals surface area (Å²) < 4.78 is 18.5. The number of aryl methyl sites for hydroxylation is 1. The van der Waals surface area contributed by atoms with Gasteiger partial charge in [0.05, 0.1) is 5.69 Å². The number of rotatable bonds is 2. The molecule has 0 N–H and O–H groups in total. The second-order valence-electron chi connectivity index (χ2n) is 6.28. The van der Waals surface area contributed by atoms with Gasteiger partial charge < -0.3 is 4.90 Å². The molecule has 0 bridgehead atoms. The molecular formula is C20H19FN3OS2+. The van der Waals surface area contributed by atoms with E-state index in [1.165, 1.54) is 23.6 Å². The standard InChI is InChI=1S/C20H19FN3OS2/c1-4-24-17(11-14-10-9-13(21)12-22(14)2)27-18(19(24)25)20-23(3)15-7-5-6-8-16(15)26-20/h5-12H,4H2,1-3H3/q+1/b20-18+. The number of hydrogen-bond donors (Lipinski definition) is 0. The molecule has 1 aliphatic heterocycles. The Hall–Kier alpha value is -2.38. The van der Waals surface area contributed by atoms with E-state index in [1.54, 1.807) is 34.0 Å². The van der Waals surface area contributed by atoms with Crippen LogP contribution in [0.5, 0.6) is 0 Å². The molecule has 3 heterocycles. The van der Waals surface area contributed by atoms with Crippen molar-refractivity contribution in [1.29, 1.82) is 0 Å². The zero-order chi connectivity index (χ0) is 19.1. The number of pyridine rings is 1. The fourth-order valence-electron chi connectivity index (χ4n) is 3.13. The third-order valence-corrected chi connectivity index (χ3v) is 7.05. The van der Waals surface area contributed by atoms with Gasteiger partial charge in [-0.15, -0.1) is 11.3 Å². The van der Waals surface area contributed by atoms with E-state index in [2.05, 4.69) is 17.0 Å². The molecule has 27 heavy (non-hydrogen) atoms. The predicted molar refractivity (Wildman–Crippen MR) is 109 cm³/mol. The van der Waals surface area contributed by atoms with Crippen LogP contribution >= 0.6 is 23.1 Å². The third kappa shape index (κ3) is 3.11. The van der Waals surface area contributed by atoms with Crippen LogP contribution in [0.3, 0.4) is 0 Å². The van der Waals surface area contributed by atoms with Gasteiger partial charge in [-0.05, 0) is 25.1 Å². The fraction of sp³-hybridized carbons (Fsp3) is 0.200. The van der Waals surface area contributed by atoms with E-state index in [9.17, 15) is 9.18 Å². The summed E-state index contributed by atoms with van der Waals surface area (Å²) in [6, 6.07) is 11.3. The molecule has 4 rings (SSSR count). The van der Waals surface area contributed by atoms with Gasteiger partial charge in [0.1, 0.15) is 21.3 Å². The van der Waals surface area contributed by atoms with E-state index < -0.39 is 0 Å². The van der Waals surface area contributed by atoms with Gasteiger partial charge >= 0.3 is 0 Å². The largest absolute Gasteiger partial charge is 0.337 e. The van der Waals surface area contributed by atoms with E-state index in [0.717, 1.165) is 30.5 Å². The molecule has 0 amide bonds. The van der Waals surface area contributed by atoms with Crippen molar-refractivity contribution in [2.75, 3.05) is 11.9 Å². The Labute approximate surface area is 164 Å². The lowest BCUT2D eigenvalue weighted by atomic mass is 10.3. The van der Waals surface area contributed by atoms with Gasteiger partial charge in [0.25, 0.3) is 5.56 Å². The van der Waals surface area contributed by atoms with Crippen LogP contribution in [0.25, 0.3) is 11.1 Å². The van der Waals surface area contributed by atoms with Crippen LogP contribution in [0.15, 0.2) is 52.3 Å². The molecule has 1 aliphatic rings. The Bertz CT molecular complexity index is 1210. The molecule has 4 nitrogen and oxygen atoms in total. The summed E-state index contributed by atoms with van der Waals surface area (Å²) in [4.78, 5) is 16.3. The Morgan fingerprint density at radius 3 is 2.70 bits per heavy atom. The van der Waals surface area contributed by atoms with Crippen molar-refractivity contribution in [3.8, 4) is 0 Å². The number of benzene rings is 1. The number of fused-ring (bicyclic) bond motifs is 1. The second-order valence-corrected chi connectivity index (χ2v) is 8.34. The minimum atomic E-state index is -0.285. The van der Waals surface area contributed by atoms with Crippen LogP contribution in [0.2, 0.25) is 0 Å². The number of thiazole rings is 1. The number of hydrogen-bond acceptors (Lipinski definition) is 4. The summed E-state index contributed by atoms with van der Waals surface area (Å²) in [7, 11) is 3.79. The van der Waals surface area contributed by atoms with Crippen LogP contribution in [-0.4, -0.2) is 11.6 Å². The lowest BCUT2D eigenvalue weighted by Crippen LogP contribution is -2.35. The minimum Gasteiger partial charge on any atom is -0.337 e. The molecule has 0 atom stereocenters. The summed E-state index contributed by atoms with van der Waals surface area (Å²) in [6.07, 6.45) is 3.37. The average Bonchev–Trinajstić information content (AvgIpc) is 3.14. The van der Waals surface area contributed by atoms with Crippen LogP contribution < -0.4 is 24.2 Å². The number of thioether (sulfide) groups is 1. The van der Waals surface area contributed by atoms with Gasteiger partial charge in [-0.2, -0.15) is 4.57 Å². The number of aromatic nitrogens is 2. The Morgan fingerprint density at radius 2 is 2.00 bits per heavy atom. The molecule has 138 valence electrons. The highest BCUT2D eigenvalue weighted by Gasteiger charge is 2.24. The van der Waals surface area contributed by atoms with Gasteiger partial charge in [0, 0.05) is 30.6 Å². The third-order valence-electron chi connectivity index (χ3n) is 4.57. The maximum Gasteiger partial charge on any atom is 0.271 e. The molecule has 1 aromatic carbocycles. The van der Waals surface area contributed by atoms with Crippen LogP contribution in [0.4, 0.5) is 10.1 Å². The van der Waals surface area contributed by atoms with Gasteiger partial charge in [0.2, 0.25) is 11.9 Å². The number of para-hydroxylation sites is 1. The summed E-state index contributed by atoms with van der Waals surface area (Å²) in [6.45, 7) is 2.55. The van der Waals surface area contributed by atoms with E-state index in [4.69, 9.17) is 0 Å². The molecule has 0 radical (unpaired) electrons. The first-order chi connectivity index (χ1) is 13.0. The summed E-state index contributed by atoms with van der Waals surface area (Å²) in [5.41, 5.74) is 1.97. The number of halogens is 1. The molecule has 0 saturated carbocycles. The zero-order valence-corrected chi connectivity index (χ0v) is 16.9. The summed E-state index contributed by atoms with van der Waals surface area (Å²) in [5.74, 6) is -0.285. The van der Waals surface area contributed by atoms with Crippen LogP contribution in [0.1, 0.15) is 12.6 Å². The van der Waals surface area contributed by atoms with Gasteiger partial charge in [-0.25, -0.2) is 4.39 Å². The van der Waals surface area contributed by atoms with Crippen LogP contribution in [0, 0.1) is 5.82 Å². The van der Waals surface area contributed by atoms with E-state index >= 15 is 0 Å². The summed E-state index contributed by atoms with van der Waals surface area (Å²) >= 11 is 3.10. The highest BCUT2D eigenvalue weighted by molar-refractivity contribution is 8.08. The van der Waals surface area contributed by atoms with Crippen molar-refractivity contribution in [2.24, 2.45) is 7.05 Å². The predicted octanol–water partition coefficient (Wildman–Crippen LogP) is 2.03. The van der Waals surface area contributed by atoms with Crippen molar-refractivity contribution >= 4 is 39.9 Å². The van der Waals surface area contributed by atoms with Gasteiger partial charge in [-0.1, -0.05) is 23.9 Å². The van der Waals surface area contributed by atoms with Gasteiger partial charge in [-0.3, -0.25) is 9.36 Å². The lowest BCUT2D eigenvalue weighted by molar-refractivity contribution is -0.674. The van der Waals surface area contributed by atoms with E-state index in [1.807, 2.05) is 32.2 Å². The molecule has 2 aromatic heterocycles. The smallest absolute Gasteiger partial charge is 0.271 e. The van der Waals surface area contributed by atoms with Gasteiger partial charge in [0.15, 0.2) is 5.82 Å². The fourth-order valence-corrected chi connectivity index (χ4v) is 5.59. The second kappa shape index (κ2) is 6.98. The molecular weight excluding hydrogens is 381 g/mol. The van der Waals surface area contributed by atoms with Crippen molar-refractivity contribution in [3.63, 3.8) is 0 Å². The molecule has 0 unspecified atom stereocenters. The molecule has 7 heteroatoms. The Kier molecular flexibility index (Phi) is 4.65. The average molecular weight is 401 g/mol. The lowest BCUT2D eigenvalue weighted by Gasteiger charge is -2.11. The summed E-state index contributed by atoms with van der Waals surface area (Å²) in [5, 5.41) is 0.955.